The molecule has 1 heterocycles. The number of carbonyl (C=O) groups excluding carboxylic acids is 1. The van der Waals surface area contributed by atoms with Gasteiger partial charge >= 0.3 is 6.09 Å². The lowest BCUT2D eigenvalue weighted by molar-refractivity contribution is 0.0841. The molecule has 0 atom stereocenters. The highest BCUT2D eigenvalue weighted by Crippen LogP contribution is 2.16. The van der Waals surface area contributed by atoms with Crippen LogP contribution < -0.4 is 5.43 Å². The predicted octanol–water partition coefficient (Wildman–Crippen LogP) is 2.82. The van der Waals surface area contributed by atoms with Crippen LogP contribution in [0.15, 0.2) is 16.9 Å². The predicted molar refractivity (Wildman–Crippen MR) is 72.0 cm³/mol. The van der Waals surface area contributed by atoms with Gasteiger partial charge in [-0.2, -0.15) is 0 Å². The summed E-state index contributed by atoms with van der Waals surface area (Å²) >= 11 is 3.25. The molecule has 18 heavy (non-hydrogen) atoms. The van der Waals surface area contributed by atoms with E-state index in [1.807, 2.05) is 20.8 Å². The molecule has 0 bridgehead atoms. The molecule has 6 nitrogen and oxygen atoms in total. The third-order valence-electron chi connectivity index (χ3n) is 1.95. The number of ether oxygens (including phenoxy) is 1. The maximum atomic E-state index is 11.8. The summed E-state index contributed by atoms with van der Waals surface area (Å²) in [5.41, 5.74) is 2.39. The maximum absolute atomic E-state index is 11.8. The van der Waals surface area contributed by atoms with E-state index in [1.54, 1.807) is 19.3 Å². The van der Waals surface area contributed by atoms with Gasteiger partial charge in [0.2, 0.25) is 5.95 Å². The number of amides is 1. The minimum absolute atomic E-state index is 0.314. The Morgan fingerprint density at radius 1 is 1.44 bits per heavy atom. The lowest BCUT2D eigenvalue weighted by Crippen LogP contribution is -2.49. The number of hydrogen-bond donors (Lipinski definition) is 1. The third kappa shape index (κ3) is 4.14. The summed E-state index contributed by atoms with van der Waals surface area (Å²) in [5, 5.41) is 1.36. The van der Waals surface area contributed by atoms with Gasteiger partial charge in [0.15, 0.2) is 0 Å². The standard InChI is InChI=1S/C11H17BrN4O2/c1-5-18-10(17)16(11(2,3)4)15-9-13-6-8(12)7-14-9/h6-7H,5H2,1-4H3,(H,13,14,15). The Hall–Kier alpha value is -1.37. The summed E-state index contributed by atoms with van der Waals surface area (Å²) < 4.78 is 5.76. The molecule has 1 rings (SSSR count). The molecule has 7 heteroatoms. The van der Waals surface area contributed by atoms with E-state index in [1.165, 1.54) is 5.01 Å². The third-order valence-corrected chi connectivity index (χ3v) is 2.36. The molecule has 0 aliphatic heterocycles. The van der Waals surface area contributed by atoms with E-state index in [9.17, 15) is 4.79 Å². The van der Waals surface area contributed by atoms with Crippen molar-refractivity contribution in [2.45, 2.75) is 33.2 Å². The van der Waals surface area contributed by atoms with Crippen LogP contribution in [0.2, 0.25) is 0 Å². The Morgan fingerprint density at radius 3 is 2.44 bits per heavy atom. The van der Waals surface area contributed by atoms with Gasteiger partial charge in [-0.15, -0.1) is 0 Å². The zero-order valence-corrected chi connectivity index (χ0v) is 12.5. The Bertz CT molecular complexity index is 402. The van der Waals surface area contributed by atoms with E-state index < -0.39 is 11.6 Å². The molecule has 1 aromatic rings. The quantitative estimate of drug-likeness (QED) is 0.868. The smallest absolute Gasteiger partial charge is 0.429 e. The number of nitrogens with zero attached hydrogens (tertiary/aromatic N) is 3. The maximum Gasteiger partial charge on any atom is 0.429 e. The number of carbonyl (C=O) groups is 1. The van der Waals surface area contributed by atoms with Crippen molar-refractivity contribution in [3.8, 4) is 0 Å². The van der Waals surface area contributed by atoms with Crippen LogP contribution in [-0.4, -0.2) is 33.2 Å². The second-order valence-corrected chi connectivity index (χ2v) is 5.46. The molecule has 0 saturated heterocycles. The number of rotatable bonds is 3. The van der Waals surface area contributed by atoms with Crippen LogP contribution in [0.3, 0.4) is 0 Å². The fourth-order valence-electron chi connectivity index (χ4n) is 1.15. The minimum Gasteiger partial charge on any atom is -0.448 e. The normalized spacial score (nSPS) is 10.9. The van der Waals surface area contributed by atoms with E-state index in [-0.39, 0.29) is 0 Å². The second-order valence-electron chi connectivity index (χ2n) is 4.54. The minimum atomic E-state index is -0.462. The summed E-state index contributed by atoms with van der Waals surface area (Å²) in [4.78, 5) is 19.9. The van der Waals surface area contributed by atoms with Crippen LogP contribution >= 0.6 is 15.9 Å². The second kappa shape index (κ2) is 5.99. The van der Waals surface area contributed by atoms with Crippen molar-refractivity contribution >= 4 is 28.0 Å². The van der Waals surface area contributed by atoms with Crippen LogP contribution in [-0.2, 0) is 4.74 Å². The largest absolute Gasteiger partial charge is 0.448 e. The highest BCUT2D eigenvalue weighted by atomic mass is 79.9. The van der Waals surface area contributed by atoms with Crippen LogP contribution in [0.1, 0.15) is 27.7 Å². The molecular formula is C11H17BrN4O2. The summed E-state index contributed by atoms with van der Waals surface area (Å²) in [6, 6.07) is 0. The highest BCUT2D eigenvalue weighted by molar-refractivity contribution is 9.10. The number of nitrogens with one attached hydrogen (secondary N) is 1. The molecule has 0 fully saturated rings. The Balaban J connectivity index is 2.85. The molecular weight excluding hydrogens is 300 g/mol. The topological polar surface area (TPSA) is 67.3 Å². The average Bonchev–Trinajstić information content (AvgIpc) is 2.26. The van der Waals surface area contributed by atoms with Gasteiger partial charge in [0.05, 0.1) is 16.6 Å². The SMILES string of the molecule is CCOC(=O)N(Nc1ncc(Br)cn1)C(C)(C)C. The first kappa shape index (κ1) is 14.7. The van der Waals surface area contributed by atoms with E-state index in [0.29, 0.717) is 12.6 Å². The van der Waals surface area contributed by atoms with Crippen molar-refractivity contribution < 1.29 is 9.53 Å². The Labute approximate surface area is 115 Å². The fraction of sp³-hybridized carbons (Fsp3) is 0.545. The van der Waals surface area contributed by atoms with Crippen LogP contribution in [0.4, 0.5) is 10.7 Å². The summed E-state index contributed by atoms with van der Waals surface area (Å²) in [6.07, 6.45) is 2.74. The van der Waals surface area contributed by atoms with Crippen LogP contribution in [0.25, 0.3) is 0 Å². The van der Waals surface area contributed by atoms with Crippen molar-refractivity contribution in [3.05, 3.63) is 16.9 Å². The molecule has 0 spiro atoms. The van der Waals surface area contributed by atoms with Gasteiger partial charge in [-0.1, -0.05) is 0 Å². The average molecular weight is 317 g/mol. The summed E-state index contributed by atoms with van der Waals surface area (Å²) in [5.74, 6) is 0.334. The van der Waals surface area contributed by atoms with Crippen molar-refractivity contribution in [2.24, 2.45) is 0 Å². The first-order valence-electron chi connectivity index (χ1n) is 5.55. The van der Waals surface area contributed by atoms with Gasteiger partial charge in [0.25, 0.3) is 0 Å². The number of hydrazine groups is 1. The summed E-state index contributed by atoms with van der Waals surface area (Å²) in [6.45, 7) is 7.73. The first-order chi connectivity index (χ1) is 8.34. The number of halogens is 1. The number of anilines is 1. The highest BCUT2D eigenvalue weighted by Gasteiger charge is 2.28. The van der Waals surface area contributed by atoms with E-state index >= 15 is 0 Å². The summed E-state index contributed by atoms with van der Waals surface area (Å²) in [7, 11) is 0. The Morgan fingerprint density at radius 2 is 2.00 bits per heavy atom. The molecule has 100 valence electrons. The molecule has 0 unspecified atom stereocenters. The van der Waals surface area contributed by atoms with Gasteiger partial charge in [-0.05, 0) is 43.6 Å². The zero-order valence-electron chi connectivity index (χ0n) is 10.9. The van der Waals surface area contributed by atoms with Crippen molar-refractivity contribution in [2.75, 3.05) is 12.0 Å². The fourth-order valence-corrected chi connectivity index (χ4v) is 1.35. The lowest BCUT2D eigenvalue weighted by Gasteiger charge is -2.34. The monoisotopic (exact) mass is 316 g/mol. The lowest BCUT2D eigenvalue weighted by atomic mass is 10.1. The molecule has 0 saturated carbocycles. The number of aromatic nitrogens is 2. The van der Waals surface area contributed by atoms with E-state index in [2.05, 4.69) is 31.3 Å². The van der Waals surface area contributed by atoms with E-state index in [4.69, 9.17) is 4.74 Å². The van der Waals surface area contributed by atoms with Crippen molar-refractivity contribution in [1.29, 1.82) is 0 Å². The molecule has 0 aliphatic carbocycles. The Kier molecular flexibility index (Phi) is 4.89. The van der Waals surface area contributed by atoms with Crippen LogP contribution in [0, 0.1) is 0 Å². The van der Waals surface area contributed by atoms with Gasteiger partial charge in [0.1, 0.15) is 0 Å². The zero-order chi connectivity index (χ0) is 13.8. The first-order valence-corrected chi connectivity index (χ1v) is 6.35. The van der Waals surface area contributed by atoms with Crippen molar-refractivity contribution in [3.63, 3.8) is 0 Å². The van der Waals surface area contributed by atoms with Gasteiger partial charge < -0.3 is 4.74 Å². The van der Waals surface area contributed by atoms with Crippen LogP contribution in [0.5, 0.6) is 0 Å². The van der Waals surface area contributed by atoms with Crippen molar-refractivity contribution in [1.82, 2.24) is 15.0 Å². The molecule has 1 aromatic heterocycles. The molecule has 1 N–H and O–H groups in total. The molecule has 1 amide bonds. The molecule has 0 aliphatic rings. The molecule has 0 aromatic carbocycles. The van der Waals surface area contributed by atoms with E-state index in [0.717, 1.165) is 4.47 Å². The van der Waals surface area contributed by atoms with Gasteiger partial charge in [0, 0.05) is 12.4 Å². The van der Waals surface area contributed by atoms with Gasteiger partial charge in [-0.3, -0.25) is 5.43 Å². The molecule has 0 radical (unpaired) electrons. The number of hydrogen-bond acceptors (Lipinski definition) is 5. The van der Waals surface area contributed by atoms with Gasteiger partial charge in [-0.25, -0.2) is 19.8 Å².